The number of fused-ring (bicyclic) bond motifs is 1. The molecule has 7 nitrogen and oxygen atoms in total. The fourth-order valence-electron chi connectivity index (χ4n) is 2.32. The molecule has 3 amide bonds. The highest BCUT2D eigenvalue weighted by Crippen LogP contribution is 2.17. The molecule has 0 radical (unpaired) electrons. The Morgan fingerprint density at radius 1 is 1.28 bits per heavy atom. The molecule has 1 saturated heterocycles. The predicted octanol–water partition coefficient (Wildman–Crippen LogP) is 1.62. The fraction of sp³-hybridized carbons (Fsp3) is 0.176. The van der Waals surface area contributed by atoms with Crippen molar-refractivity contribution in [2.75, 3.05) is 18.8 Å². The molecule has 0 bridgehead atoms. The first-order valence-corrected chi connectivity index (χ1v) is 8.48. The second kappa shape index (κ2) is 7.35. The second-order valence-corrected chi connectivity index (χ2v) is 6.17. The molecule has 1 aliphatic heterocycles. The van der Waals surface area contributed by atoms with Gasteiger partial charge in [-0.05, 0) is 18.2 Å². The summed E-state index contributed by atoms with van der Waals surface area (Å²) in [4.78, 5) is 48.0. The van der Waals surface area contributed by atoms with Crippen LogP contribution >= 0.6 is 11.8 Å². The Morgan fingerprint density at radius 3 is 2.84 bits per heavy atom. The summed E-state index contributed by atoms with van der Waals surface area (Å²) < 4.78 is 5.36. The highest BCUT2D eigenvalue weighted by molar-refractivity contribution is 8.14. The number of carbonyl (C=O) groups excluding carboxylic acids is 3. The Balaban J connectivity index is 1.59. The van der Waals surface area contributed by atoms with Crippen molar-refractivity contribution in [1.82, 2.24) is 10.2 Å². The van der Waals surface area contributed by atoms with Crippen LogP contribution in [0.3, 0.4) is 0 Å². The van der Waals surface area contributed by atoms with Gasteiger partial charge in [-0.3, -0.25) is 24.1 Å². The van der Waals surface area contributed by atoms with E-state index in [1.807, 2.05) is 0 Å². The Morgan fingerprint density at radius 2 is 2.08 bits per heavy atom. The molecule has 1 aromatic heterocycles. The van der Waals surface area contributed by atoms with E-state index in [1.165, 1.54) is 18.4 Å². The minimum atomic E-state index is -0.431. The van der Waals surface area contributed by atoms with Gasteiger partial charge in [0.2, 0.25) is 11.8 Å². The standard InChI is InChI=1S/C17H14N2O5S/c20-14(18-7-8-19-15(21)10-25-17(19)23)6-5-11-9-24-13-4-2-1-3-12(13)16(11)22/h1-6,9H,7-8,10H2,(H,18,20)/b6-5+. The van der Waals surface area contributed by atoms with Crippen LogP contribution in [-0.4, -0.2) is 40.8 Å². The molecule has 1 aromatic carbocycles. The molecule has 2 aromatic rings. The minimum absolute atomic E-state index is 0.127. The van der Waals surface area contributed by atoms with E-state index in [-0.39, 0.29) is 41.0 Å². The lowest BCUT2D eigenvalue weighted by atomic mass is 10.1. The summed E-state index contributed by atoms with van der Waals surface area (Å²) in [6.45, 7) is 0.274. The van der Waals surface area contributed by atoms with Gasteiger partial charge < -0.3 is 9.73 Å². The number of amides is 3. The molecule has 1 fully saturated rings. The number of carbonyl (C=O) groups is 3. The van der Waals surface area contributed by atoms with Crippen molar-refractivity contribution in [2.45, 2.75) is 0 Å². The molecule has 0 spiro atoms. The first kappa shape index (κ1) is 17.0. The van der Waals surface area contributed by atoms with Crippen LogP contribution in [0.15, 0.2) is 45.8 Å². The van der Waals surface area contributed by atoms with Crippen LogP contribution in [-0.2, 0) is 9.59 Å². The first-order valence-electron chi connectivity index (χ1n) is 7.50. The van der Waals surface area contributed by atoms with Crippen molar-refractivity contribution in [3.8, 4) is 0 Å². The minimum Gasteiger partial charge on any atom is -0.463 e. The molecule has 1 N–H and O–H groups in total. The molecular formula is C17H14N2O5S. The van der Waals surface area contributed by atoms with Crippen LogP contribution in [0.2, 0.25) is 0 Å². The van der Waals surface area contributed by atoms with Crippen LogP contribution in [0, 0.1) is 0 Å². The number of hydrogen-bond donors (Lipinski definition) is 1. The van der Waals surface area contributed by atoms with E-state index in [0.717, 1.165) is 16.7 Å². The summed E-state index contributed by atoms with van der Waals surface area (Å²) in [7, 11) is 0. The van der Waals surface area contributed by atoms with Gasteiger partial charge in [-0.1, -0.05) is 23.9 Å². The number of nitrogens with one attached hydrogen (secondary N) is 1. The summed E-state index contributed by atoms with van der Waals surface area (Å²) in [6, 6.07) is 6.85. The molecule has 25 heavy (non-hydrogen) atoms. The zero-order valence-corrected chi connectivity index (χ0v) is 13.9. The van der Waals surface area contributed by atoms with Crippen molar-refractivity contribution in [1.29, 1.82) is 0 Å². The molecule has 3 rings (SSSR count). The van der Waals surface area contributed by atoms with Gasteiger partial charge in [0.25, 0.3) is 5.24 Å². The predicted molar refractivity (Wildman–Crippen MR) is 94.1 cm³/mol. The summed E-state index contributed by atoms with van der Waals surface area (Å²) in [5.74, 6) is -0.544. The molecule has 0 aliphatic carbocycles. The molecule has 128 valence electrons. The van der Waals surface area contributed by atoms with Gasteiger partial charge in [-0.2, -0.15) is 0 Å². The zero-order valence-electron chi connectivity index (χ0n) is 13.1. The third-order valence-corrected chi connectivity index (χ3v) is 4.45. The maximum atomic E-state index is 12.3. The number of thioether (sulfide) groups is 1. The lowest BCUT2D eigenvalue weighted by molar-refractivity contribution is -0.125. The van der Waals surface area contributed by atoms with Crippen molar-refractivity contribution in [3.05, 3.63) is 52.4 Å². The van der Waals surface area contributed by atoms with Gasteiger partial charge in [0.15, 0.2) is 5.43 Å². The van der Waals surface area contributed by atoms with E-state index in [2.05, 4.69) is 5.32 Å². The smallest absolute Gasteiger partial charge is 0.288 e. The molecular weight excluding hydrogens is 344 g/mol. The van der Waals surface area contributed by atoms with Crippen molar-refractivity contribution in [2.24, 2.45) is 0 Å². The van der Waals surface area contributed by atoms with Gasteiger partial charge >= 0.3 is 0 Å². The molecule has 0 unspecified atom stereocenters. The number of benzene rings is 1. The van der Waals surface area contributed by atoms with Crippen molar-refractivity contribution >= 4 is 45.9 Å². The highest BCUT2D eigenvalue weighted by atomic mass is 32.2. The second-order valence-electron chi connectivity index (χ2n) is 5.24. The van der Waals surface area contributed by atoms with Crippen LogP contribution in [0.5, 0.6) is 0 Å². The van der Waals surface area contributed by atoms with E-state index in [1.54, 1.807) is 24.3 Å². The number of imide groups is 1. The highest BCUT2D eigenvalue weighted by Gasteiger charge is 2.29. The summed E-state index contributed by atoms with van der Waals surface area (Å²) in [5, 5.41) is 2.70. The Bertz CT molecular complexity index is 918. The summed E-state index contributed by atoms with van der Waals surface area (Å²) in [6.07, 6.45) is 3.88. The normalized spacial score (nSPS) is 14.6. The fourth-order valence-corrected chi connectivity index (χ4v) is 3.07. The SMILES string of the molecule is O=C(/C=C/c1coc2ccccc2c1=O)NCCN1C(=O)CSC1=O. The number of nitrogens with zero attached hydrogens (tertiary/aromatic N) is 1. The third kappa shape index (κ3) is 3.80. The van der Waals surface area contributed by atoms with Crippen LogP contribution in [0.1, 0.15) is 5.56 Å². The molecule has 2 heterocycles. The van der Waals surface area contributed by atoms with Gasteiger partial charge in [-0.25, -0.2) is 0 Å². The van der Waals surface area contributed by atoms with Gasteiger partial charge in [0, 0.05) is 19.2 Å². The maximum absolute atomic E-state index is 12.3. The molecule has 1 aliphatic rings. The van der Waals surface area contributed by atoms with Crippen LogP contribution in [0.4, 0.5) is 4.79 Å². The molecule has 8 heteroatoms. The average Bonchev–Trinajstić information content (AvgIpc) is 2.93. The monoisotopic (exact) mass is 358 g/mol. The van der Waals surface area contributed by atoms with E-state index in [0.29, 0.717) is 11.0 Å². The van der Waals surface area contributed by atoms with E-state index >= 15 is 0 Å². The first-order chi connectivity index (χ1) is 12.1. The van der Waals surface area contributed by atoms with Crippen molar-refractivity contribution in [3.63, 3.8) is 0 Å². The summed E-state index contributed by atoms with van der Waals surface area (Å²) >= 11 is 0.948. The lowest BCUT2D eigenvalue weighted by Gasteiger charge is -2.12. The Labute approximate surface area is 146 Å². The number of rotatable bonds is 5. The summed E-state index contributed by atoms with van der Waals surface area (Å²) in [5.41, 5.74) is 0.512. The lowest BCUT2D eigenvalue weighted by Crippen LogP contribution is -2.37. The largest absolute Gasteiger partial charge is 0.463 e. The van der Waals surface area contributed by atoms with Gasteiger partial charge in [0.1, 0.15) is 11.8 Å². The van der Waals surface area contributed by atoms with Crippen LogP contribution in [0.25, 0.3) is 17.0 Å². The number of hydrogen-bond acceptors (Lipinski definition) is 6. The van der Waals surface area contributed by atoms with E-state index < -0.39 is 5.91 Å². The van der Waals surface area contributed by atoms with E-state index in [9.17, 15) is 19.2 Å². The van der Waals surface area contributed by atoms with Gasteiger partial charge in [-0.15, -0.1) is 0 Å². The topological polar surface area (TPSA) is 96.7 Å². The van der Waals surface area contributed by atoms with Gasteiger partial charge in [0.05, 0.1) is 16.7 Å². The quantitative estimate of drug-likeness (QED) is 0.816. The maximum Gasteiger partial charge on any atom is 0.288 e. The third-order valence-electron chi connectivity index (χ3n) is 3.60. The zero-order chi connectivity index (χ0) is 17.8. The Hall–Kier alpha value is -2.87. The van der Waals surface area contributed by atoms with E-state index in [4.69, 9.17) is 4.42 Å². The average molecular weight is 358 g/mol. The molecule has 0 saturated carbocycles. The Kier molecular flexibility index (Phi) is 4.99. The van der Waals surface area contributed by atoms with Crippen molar-refractivity contribution < 1.29 is 18.8 Å². The van der Waals surface area contributed by atoms with Crippen LogP contribution < -0.4 is 10.7 Å². The molecule has 0 atom stereocenters. The number of para-hydroxylation sites is 1.